The van der Waals surface area contributed by atoms with E-state index in [1.54, 1.807) is 0 Å². The molecule has 2 aromatic carbocycles. The molecule has 0 aliphatic rings. The molecule has 0 atom stereocenters. The Hall–Kier alpha value is -1.16. The third-order valence-electron chi connectivity index (χ3n) is 5.97. The van der Waals surface area contributed by atoms with Gasteiger partial charge in [0, 0.05) is 0 Å². The van der Waals surface area contributed by atoms with Gasteiger partial charge in [0.2, 0.25) is 0 Å². The third-order valence-corrected chi connectivity index (χ3v) is 15.7. The number of rotatable bonds is 12. The molecule has 160 valence electrons. The van der Waals surface area contributed by atoms with E-state index < -0.39 is 19.2 Å². The summed E-state index contributed by atoms with van der Waals surface area (Å²) in [5.74, 6) is 2.10. The van der Waals surface area contributed by atoms with Crippen LogP contribution in [0.4, 0.5) is 0 Å². The Bertz CT molecular complexity index is 704. The van der Waals surface area contributed by atoms with Crippen molar-refractivity contribution in [2.75, 3.05) is 0 Å². The summed E-state index contributed by atoms with van der Waals surface area (Å²) in [6.45, 7) is 13.4. The first-order valence-electron chi connectivity index (χ1n) is 11.5. The van der Waals surface area contributed by atoms with Crippen LogP contribution in [0, 0.1) is 13.8 Å². The van der Waals surface area contributed by atoms with Crippen LogP contribution in [0.15, 0.2) is 36.4 Å². The predicted octanol–water partition coefficient (Wildman–Crippen LogP) is 7.93. The molecule has 0 bridgehead atoms. The van der Waals surface area contributed by atoms with Crippen LogP contribution in [0.5, 0.6) is 11.5 Å². The fraction of sp³-hybridized carbons (Fsp3) is 0.538. The van der Waals surface area contributed by atoms with E-state index in [2.05, 4.69) is 77.9 Å². The van der Waals surface area contributed by atoms with Gasteiger partial charge in [0.25, 0.3) is 0 Å². The first-order valence-corrected chi connectivity index (χ1v) is 17.9. The van der Waals surface area contributed by atoms with E-state index in [0.717, 1.165) is 33.2 Å². The van der Waals surface area contributed by atoms with Crippen LogP contribution in [0.3, 0.4) is 0 Å². The Kier molecular flexibility index (Phi) is 9.88. The summed E-state index contributed by atoms with van der Waals surface area (Å²) in [5.41, 5.74) is 5.31. The van der Waals surface area contributed by atoms with Crippen LogP contribution < -0.4 is 6.15 Å². The van der Waals surface area contributed by atoms with Crippen molar-refractivity contribution in [1.82, 2.24) is 0 Å². The van der Waals surface area contributed by atoms with Crippen molar-refractivity contribution in [2.45, 2.75) is 88.9 Å². The molecule has 2 aromatic rings. The van der Waals surface area contributed by atoms with Gasteiger partial charge in [-0.25, -0.2) is 0 Å². The van der Waals surface area contributed by atoms with Gasteiger partial charge < -0.3 is 0 Å². The molecule has 0 aliphatic carbocycles. The molecule has 0 aliphatic heterocycles. The zero-order valence-corrected chi connectivity index (χ0v) is 22.3. The summed E-state index contributed by atoms with van der Waals surface area (Å²) in [6.07, 6.45) is 6.79. The summed E-state index contributed by atoms with van der Waals surface area (Å²) in [4.78, 5) is 0. The van der Waals surface area contributed by atoms with Gasteiger partial charge in [-0.1, -0.05) is 0 Å². The predicted molar refractivity (Wildman–Crippen MR) is 128 cm³/mol. The molecule has 0 unspecified atom stereocenters. The molecule has 0 amide bonds. The molecule has 0 aromatic heterocycles. The summed E-state index contributed by atoms with van der Waals surface area (Å²) < 4.78 is 16.2. The van der Waals surface area contributed by atoms with Gasteiger partial charge in [-0.15, -0.1) is 0 Å². The van der Waals surface area contributed by atoms with Crippen LogP contribution in [-0.2, 0) is 12.8 Å². The van der Waals surface area contributed by atoms with Crippen LogP contribution >= 0.6 is 0 Å². The molecule has 0 saturated heterocycles. The molecule has 0 saturated carbocycles. The minimum atomic E-state index is -3.39. The average molecular weight is 503 g/mol. The van der Waals surface area contributed by atoms with E-state index in [9.17, 15) is 0 Å². The van der Waals surface area contributed by atoms with Crippen LogP contribution in [0.2, 0.25) is 8.87 Å². The molecule has 2 nitrogen and oxygen atoms in total. The molecule has 0 spiro atoms. The summed E-state index contributed by atoms with van der Waals surface area (Å²) in [6, 6.07) is 13.0. The minimum absolute atomic E-state index is 1.04. The average Bonchev–Trinajstić information content (AvgIpc) is 2.73. The van der Waals surface area contributed by atoms with Gasteiger partial charge in [-0.3, -0.25) is 0 Å². The van der Waals surface area contributed by atoms with E-state index >= 15 is 0 Å². The van der Waals surface area contributed by atoms with Gasteiger partial charge in [-0.2, -0.15) is 0 Å². The Morgan fingerprint density at radius 1 is 0.655 bits per heavy atom. The van der Waals surface area contributed by atoms with Crippen molar-refractivity contribution < 1.29 is 6.15 Å². The number of benzene rings is 2. The van der Waals surface area contributed by atoms with Gasteiger partial charge in [0.05, 0.1) is 0 Å². The molecular formula is C26H40O2Sn. The second-order valence-corrected chi connectivity index (χ2v) is 17.3. The van der Waals surface area contributed by atoms with Gasteiger partial charge in [-0.05, 0) is 0 Å². The molecule has 3 heteroatoms. The van der Waals surface area contributed by atoms with Crippen LogP contribution in [0.1, 0.15) is 75.6 Å². The number of hydrogen-bond acceptors (Lipinski definition) is 2. The Balaban J connectivity index is 2.46. The van der Waals surface area contributed by atoms with Crippen LogP contribution in [-0.4, -0.2) is 19.2 Å². The fourth-order valence-electron chi connectivity index (χ4n) is 3.95. The van der Waals surface area contributed by atoms with Gasteiger partial charge >= 0.3 is 184 Å². The second kappa shape index (κ2) is 11.9. The van der Waals surface area contributed by atoms with Crippen LogP contribution in [0.25, 0.3) is 0 Å². The Morgan fingerprint density at radius 2 is 1.07 bits per heavy atom. The Labute approximate surface area is 184 Å². The summed E-state index contributed by atoms with van der Waals surface area (Å²) in [5, 5.41) is 0. The molecule has 0 fully saturated rings. The first-order chi connectivity index (χ1) is 14.0. The zero-order valence-electron chi connectivity index (χ0n) is 19.4. The molecule has 0 radical (unpaired) electrons. The number of hydrogen-bond donors (Lipinski definition) is 0. The zero-order chi connectivity index (χ0) is 21.3. The third kappa shape index (κ3) is 6.41. The number of unbranched alkanes of at least 4 members (excludes halogenated alkanes) is 2. The van der Waals surface area contributed by atoms with Crippen molar-refractivity contribution >= 4 is 19.2 Å². The van der Waals surface area contributed by atoms with E-state index in [0.29, 0.717) is 0 Å². The maximum absolute atomic E-state index is 7.00. The molecule has 29 heavy (non-hydrogen) atoms. The number of aryl methyl sites for hydroxylation is 2. The Morgan fingerprint density at radius 3 is 1.41 bits per heavy atom. The van der Waals surface area contributed by atoms with E-state index in [1.807, 2.05) is 0 Å². The maximum atomic E-state index is 7.00. The summed E-state index contributed by atoms with van der Waals surface area (Å²) in [7, 11) is 0. The SMILES string of the molecule is CCC[CH2][Sn]([CH2]CCC)([O]c1cccc(CC)c1C)[O]c1cccc(CC)c1C. The van der Waals surface area contributed by atoms with Gasteiger partial charge in [0.1, 0.15) is 0 Å². The standard InChI is InChI=1S/2C9H12O.2C4H9.Sn/c2*1-3-8-5-4-6-9(10)7(8)2;2*1-3-4-2;/h2*4-6,10H,3H2,1-2H3;2*1,3-4H2,2H3;/q;;;;+2/p-2. The van der Waals surface area contributed by atoms with Crippen molar-refractivity contribution in [1.29, 1.82) is 0 Å². The fourth-order valence-corrected chi connectivity index (χ4v) is 14.6. The van der Waals surface area contributed by atoms with E-state index in [1.165, 1.54) is 47.9 Å². The van der Waals surface area contributed by atoms with Crippen molar-refractivity contribution in [3.8, 4) is 11.5 Å². The van der Waals surface area contributed by atoms with E-state index in [4.69, 9.17) is 6.15 Å². The second-order valence-electron chi connectivity index (χ2n) is 8.11. The molecule has 0 N–H and O–H groups in total. The monoisotopic (exact) mass is 504 g/mol. The van der Waals surface area contributed by atoms with Crippen molar-refractivity contribution in [3.63, 3.8) is 0 Å². The van der Waals surface area contributed by atoms with Crippen molar-refractivity contribution in [3.05, 3.63) is 58.7 Å². The topological polar surface area (TPSA) is 18.5 Å². The normalized spacial score (nSPS) is 11.5. The summed E-state index contributed by atoms with van der Waals surface area (Å²) >= 11 is -3.39. The van der Waals surface area contributed by atoms with Crippen molar-refractivity contribution in [2.24, 2.45) is 0 Å². The molecule has 2 rings (SSSR count). The van der Waals surface area contributed by atoms with E-state index in [-0.39, 0.29) is 0 Å². The van der Waals surface area contributed by atoms with Gasteiger partial charge in [0.15, 0.2) is 0 Å². The quantitative estimate of drug-likeness (QED) is 0.274. The first kappa shape index (κ1) is 24.1. The molecule has 0 heterocycles. The molecular weight excluding hydrogens is 463 g/mol.